The van der Waals surface area contributed by atoms with Crippen LogP contribution in [-0.2, 0) is 61.8 Å². The molecule has 14 nitrogen and oxygen atoms in total. The standard InChI is InChI=1S/C54H87NO13/c1-35-18-16-20-51(58)68-54(41(7)53(66-15)37(3)23-26-46(57)39(5)47(63-12)19-17-27-55(8)34-56)38(4)22-25-43(60-9)32-48(64-13)36(2)21-24-44(61-10)33-49(65-14)40(6)50-30-42(31-52(59)67-50)29-45(28-35)62-11/h16-18,20-22,24-25,27,31,34,36-41,43-45,47-50,53-54H,19,23,26,28-30,32-33H2,1-15H3/b20-16+,24-21+,25-22+,27-17+,35-18+/t36-,37-,38-,39-,40+,41-,43-,44+,45+,47+,48-,49-,50+,53-,54-/m0/s1. The number of allylic oxidation sites excluding steroid dienone is 2. The second-order valence-corrected chi connectivity index (χ2v) is 18.9. The highest BCUT2D eigenvalue weighted by Gasteiger charge is 2.37. The molecule has 14 heteroatoms. The number of amides is 1. The number of nitrogens with zero attached hydrogens (tertiary/aromatic N) is 1. The predicted molar refractivity (Wildman–Crippen MR) is 264 cm³/mol. The van der Waals surface area contributed by atoms with Crippen molar-refractivity contribution in [2.45, 2.75) is 155 Å². The van der Waals surface area contributed by atoms with Crippen molar-refractivity contribution in [3.63, 3.8) is 0 Å². The van der Waals surface area contributed by atoms with E-state index in [9.17, 15) is 19.2 Å². The summed E-state index contributed by atoms with van der Waals surface area (Å²) < 4.78 is 53.8. The van der Waals surface area contributed by atoms with Gasteiger partial charge in [-0.1, -0.05) is 95.2 Å². The largest absolute Gasteiger partial charge is 0.458 e. The van der Waals surface area contributed by atoms with Gasteiger partial charge in [-0.05, 0) is 38.5 Å². The molecule has 0 aromatic rings. The van der Waals surface area contributed by atoms with E-state index in [1.165, 1.54) is 11.0 Å². The molecule has 1 amide bonds. The Balaban J connectivity index is 2.49. The van der Waals surface area contributed by atoms with Crippen LogP contribution in [0.4, 0.5) is 0 Å². The van der Waals surface area contributed by atoms with E-state index in [0.717, 1.165) is 11.1 Å². The number of Topliss-reactive ketones (excluding diaryl/α,β-unsaturated/α-hetero) is 1. The molecular weight excluding hydrogens is 871 g/mol. The van der Waals surface area contributed by atoms with Gasteiger partial charge in [-0.15, -0.1) is 0 Å². The van der Waals surface area contributed by atoms with Gasteiger partial charge >= 0.3 is 11.9 Å². The van der Waals surface area contributed by atoms with Crippen LogP contribution < -0.4 is 0 Å². The number of fused-ring (bicyclic) bond motifs is 2. The third-order valence-electron chi connectivity index (χ3n) is 13.9. The summed E-state index contributed by atoms with van der Waals surface area (Å²) in [4.78, 5) is 52.5. The van der Waals surface area contributed by atoms with Gasteiger partial charge in [0.25, 0.3) is 0 Å². The molecule has 2 aliphatic rings. The van der Waals surface area contributed by atoms with Gasteiger partial charge in [0.05, 0.1) is 42.7 Å². The molecule has 0 radical (unpaired) electrons. The summed E-state index contributed by atoms with van der Waals surface area (Å²) in [6.07, 6.45) is 20.1. The van der Waals surface area contributed by atoms with Crippen LogP contribution in [0.25, 0.3) is 0 Å². The van der Waals surface area contributed by atoms with E-state index >= 15 is 0 Å². The van der Waals surface area contributed by atoms with E-state index in [4.69, 9.17) is 42.6 Å². The fourth-order valence-corrected chi connectivity index (χ4v) is 9.37. The van der Waals surface area contributed by atoms with Gasteiger partial charge in [0.15, 0.2) is 0 Å². The Morgan fingerprint density at radius 2 is 1.43 bits per heavy atom. The Hall–Kier alpha value is -3.76. The average molecular weight is 958 g/mol. The number of esters is 2. The van der Waals surface area contributed by atoms with Crippen LogP contribution >= 0.6 is 0 Å². The number of hydrogen-bond acceptors (Lipinski definition) is 13. The van der Waals surface area contributed by atoms with Gasteiger partial charge in [-0.3, -0.25) is 9.59 Å². The number of carbonyl (C=O) groups is 4. The molecule has 0 saturated carbocycles. The second-order valence-electron chi connectivity index (χ2n) is 18.9. The Kier molecular flexibility index (Phi) is 28.6. The van der Waals surface area contributed by atoms with E-state index in [1.54, 1.807) is 75.2 Å². The minimum absolute atomic E-state index is 0.0107. The molecule has 2 aliphatic heterocycles. The van der Waals surface area contributed by atoms with E-state index in [1.807, 2.05) is 65.0 Å². The number of rotatable bonds is 19. The zero-order chi connectivity index (χ0) is 50.9. The first-order valence-electron chi connectivity index (χ1n) is 24.3. The van der Waals surface area contributed by atoms with Gasteiger partial charge in [0.2, 0.25) is 6.41 Å². The second kappa shape index (κ2) is 32.2. The van der Waals surface area contributed by atoms with Gasteiger partial charge in [-0.25, -0.2) is 9.59 Å². The van der Waals surface area contributed by atoms with Crippen LogP contribution in [0.1, 0.15) is 99.8 Å². The van der Waals surface area contributed by atoms with Crippen LogP contribution in [0.3, 0.4) is 0 Å². The highest BCUT2D eigenvalue weighted by Crippen LogP contribution is 2.33. The van der Waals surface area contributed by atoms with E-state index in [2.05, 4.69) is 19.9 Å². The smallest absolute Gasteiger partial charge is 0.331 e. The van der Waals surface area contributed by atoms with Crippen molar-refractivity contribution in [2.24, 2.45) is 35.5 Å². The number of methoxy groups -OCH3 is 7. The number of carbonyl (C=O) groups excluding carboxylic acids is 4. The average Bonchev–Trinajstić information content (AvgIpc) is 3.32. The topological polar surface area (TPSA) is 155 Å². The first kappa shape index (κ1) is 60.4. The summed E-state index contributed by atoms with van der Waals surface area (Å²) in [5.41, 5.74) is 1.93. The minimum atomic E-state index is -0.609. The quantitative estimate of drug-likeness (QED) is 0.0691. The number of hydrogen-bond donors (Lipinski definition) is 0. The minimum Gasteiger partial charge on any atom is -0.458 e. The monoisotopic (exact) mass is 958 g/mol. The maximum atomic E-state index is 13.7. The summed E-state index contributed by atoms with van der Waals surface area (Å²) >= 11 is 0. The Labute approximate surface area is 408 Å². The fraction of sp³-hybridized carbons (Fsp3) is 0.704. The van der Waals surface area contributed by atoms with E-state index in [-0.39, 0.29) is 96.1 Å². The summed E-state index contributed by atoms with van der Waals surface area (Å²) in [5, 5.41) is 0. The normalized spacial score (nSPS) is 31.9. The molecule has 2 rings (SSSR count). The van der Waals surface area contributed by atoms with Gasteiger partial charge in [0.1, 0.15) is 18.0 Å². The van der Waals surface area contributed by atoms with Crippen molar-refractivity contribution in [3.8, 4) is 0 Å². The molecule has 2 bridgehead atoms. The predicted octanol–water partition coefficient (Wildman–Crippen LogP) is 8.59. The Bertz CT molecular complexity index is 1700. The maximum Gasteiger partial charge on any atom is 0.331 e. The molecule has 0 aliphatic carbocycles. The molecule has 2 heterocycles. The third kappa shape index (κ3) is 20.3. The van der Waals surface area contributed by atoms with E-state index in [0.29, 0.717) is 57.8 Å². The van der Waals surface area contributed by atoms with Crippen LogP contribution in [0, 0.1) is 35.5 Å². The number of cyclic esters (lactones) is 1. The SMILES string of the molecule is CO[C@H]1CC2=CC(=O)O[C@H](C2)[C@H](C)[C@@H](OC)C[C@H](OC)/C=C/[C@H](C)[C@@H](OC)C[C@@H](OC)/C=C/[C@H](C)[C@@H]([C@@H](C)[C@@H](OC)[C@@H](C)CCC(=O)[C@H](C)[C@@H](C/C=C/N(C)C=O)OC)OC(=O)/C=C/C=C(\C)C1. The third-order valence-corrected chi connectivity index (χ3v) is 13.9. The molecular formula is C54H87NO13. The summed E-state index contributed by atoms with van der Waals surface area (Å²) in [6, 6.07) is 0. The highest BCUT2D eigenvalue weighted by molar-refractivity contribution is 5.84. The number of ketones is 1. The lowest BCUT2D eigenvalue weighted by atomic mass is 9.81. The lowest BCUT2D eigenvalue weighted by molar-refractivity contribution is -0.152. The van der Waals surface area contributed by atoms with Gasteiger partial charge in [-0.2, -0.15) is 0 Å². The zero-order valence-electron chi connectivity index (χ0n) is 43.9. The van der Waals surface area contributed by atoms with Crippen LogP contribution in [0.2, 0.25) is 0 Å². The fourth-order valence-electron chi connectivity index (χ4n) is 9.37. The molecule has 68 heavy (non-hydrogen) atoms. The Morgan fingerprint density at radius 3 is 2.00 bits per heavy atom. The zero-order valence-corrected chi connectivity index (χ0v) is 43.9. The molecule has 386 valence electrons. The summed E-state index contributed by atoms with van der Waals surface area (Å²) in [7, 11) is 13.3. The van der Waals surface area contributed by atoms with Crippen molar-refractivity contribution in [2.75, 3.05) is 56.8 Å². The van der Waals surface area contributed by atoms with Crippen molar-refractivity contribution >= 4 is 24.1 Å². The van der Waals surface area contributed by atoms with Gasteiger partial charge in [0, 0.05) is 130 Å². The lowest BCUT2D eigenvalue weighted by Gasteiger charge is -2.35. The molecule has 0 N–H and O–H groups in total. The summed E-state index contributed by atoms with van der Waals surface area (Å²) in [5.74, 6) is -1.91. The van der Waals surface area contributed by atoms with Gasteiger partial charge < -0.3 is 47.5 Å². The molecule has 0 spiro atoms. The van der Waals surface area contributed by atoms with Crippen molar-refractivity contribution < 1.29 is 61.8 Å². The van der Waals surface area contributed by atoms with Crippen LogP contribution in [0.15, 0.2) is 72.0 Å². The molecule has 0 fully saturated rings. The molecule has 15 atom stereocenters. The van der Waals surface area contributed by atoms with Crippen molar-refractivity contribution in [1.29, 1.82) is 0 Å². The first-order valence-corrected chi connectivity index (χ1v) is 24.3. The number of ether oxygens (including phenoxy) is 9. The maximum absolute atomic E-state index is 13.7. The summed E-state index contributed by atoms with van der Waals surface area (Å²) in [6.45, 7) is 14.1. The molecule has 0 aromatic heterocycles. The lowest BCUT2D eigenvalue weighted by Crippen LogP contribution is -2.41. The molecule has 0 aromatic carbocycles. The molecule has 0 saturated heterocycles. The van der Waals surface area contributed by atoms with Crippen molar-refractivity contribution in [1.82, 2.24) is 4.90 Å². The first-order chi connectivity index (χ1) is 32.4. The Morgan fingerprint density at radius 1 is 0.794 bits per heavy atom. The van der Waals surface area contributed by atoms with E-state index < -0.39 is 12.1 Å². The van der Waals surface area contributed by atoms with Crippen LogP contribution in [-0.4, -0.2) is 141 Å². The van der Waals surface area contributed by atoms with Crippen LogP contribution in [0.5, 0.6) is 0 Å². The highest BCUT2D eigenvalue weighted by atomic mass is 16.6. The van der Waals surface area contributed by atoms with Crippen molar-refractivity contribution in [3.05, 3.63) is 72.0 Å². The molecule has 0 unspecified atom stereocenters.